The Morgan fingerprint density at radius 3 is 2.84 bits per heavy atom. The third-order valence-electron chi connectivity index (χ3n) is 3.42. The molecule has 3 N–H and O–H groups in total. The van der Waals surface area contributed by atoms with Gasteiger partial charge in [-0.05, 0) is 12.5 Å². The van der Waals surface area contributed by atoms with Crippen LogP contribution < -0.4 is 5.73 Å². The third-order valence-corrected chi connectivity index (χ3v) is 3.42. The Balaban J connectivity index is 2.09. The van der Waals surface area contributed by atoms with E-state index in [4.69, 9.17) is 15.6 Å². The van der Waals surface area contributed by atoms with Gasteiger partial charge in [0, 0.05) is 6.54 Å². The Hall–Kier alpha value is -1.43. The number of benzene rings is 1. The molecule has 104 valence electrons. The first kappa shape index (κ1) is 14.0. The lowest BCUT2D eigenvalue weighted by Crippen LogP contribution is -2.54. The molecule has 0 spiro atoms. The van der Waals surface area contributed by atoms with E-state index < -0.39 is 6.04 Å². The number of aliphatic hydroxyl groups is 1. The molecule has 2 rings (SSSR count). The Bertz CT molecular complexity index is 424. The number of nitrogens with two attached hydrogens (primary N) is 1. The van der Waals surface area contributed by atoms with Crippen LogP contribution in [0.5, 0.6) is 0 Å². The number of rotatable bonds is 3. The van der Waals surface area contributed by atoms with Crippen molar-refractivity contribution in [2.75, 3.05) is 19.8 Å². The molecule has 1 aliphatic rings. The molecule has 19 heavy (non-hydrogen) atoms. The van der Waals surface area contributed by atoms with E-state index in [-0.39, 0.29) is 24.7 Å². The van der Waals surface area contributed by atoms with Crippen LogP contribution in [0.1, 0.15) is 18.5 Å². The summed E-state index contributed by atoms with van der Waals surface area (Å²) < 4.78 is 5.42. The highest BCUT2D eigenvalue weighted by Crippen LogP contribution is 2.18. The molecule has 1 saturated heterocycles. The van der Waals surface area contributed by atoms with Gasteiger partial charge in [-0.1, -0.05) is 30.3 Å². The first-order valence-corrected chi connectivity index (χ1v) is 6.47. The second-order valence-electron chi connectivity index (χ2n) is 4.87. The molecule has 1 heterocycles. The fraction of sp³-hybridized carbons (Fsp3) is 0.500. The van der Waals surface area contributed by atoms with Crippen molar-refractivity contribution in [1.29, 1.82) is 0 Å². The monoisotopic (exact) mass is 264 g/mol. The minimum Gasteiger partial charge on any atom is -0.394 e. The zero-order chi connectivity index (χ0) is 13.8. The highest BCUT2D eigenvalue weighted by atomic mass is 16.5. The number of carbonyl (C=O) groups excluding carboxylic acids is 1. The molecule has 1 fully saturated rings. The normalized spacial score (nSPS) is 25.1. The summed E-state index contributed by atoms with van der Waals surface area (Å²) in [5.41, 5.74) is 6.82. The van der Waals surface area contributed by atoms with E-state index >= 15 is 0 Å². The first-order valence-electron chi connectivity index (χ1n) is 6.47. The molecule has 1 aliphatic heterocycles. The number of hydrogen-bond acceptors (Lipinski definition) is 4. The number of hydrogen-bond donors (Lipinski definition) is 2. The van der Waals surface area contributed by atoms with Crippen LogP contribution in [0, 0.1) is 0 Å². The maximum Gasteiger partial charge on any atom is 0.244 e. The zero-order valence-corrected chi connectivity index (χ0v) is 11.0. The van der Waals surface area contributed by atoms with E-state index in [1.165, 1.54) is 0 Å². The molecule has 5 heteroatoms. The Morgan fingerprint density at radius 1 is 1.53 bits per heavy atom. The standard InChI is InChI=1S/C14H20N2O3/c1-10-9-19-12(8-17)7-16(10)14(18)13(15)11-5-3-2-4-6-11/h2-6,10,12-13,17H,7-9,15H2,1H3/t10?,12?,13-/m1/s1. The molecule has 1 aromatic rings. The highest BCUT2D eigenvalue weighted by Gasteiger charge is 2.32. The Morgan fingerprint density at radius 2 is 2.21 bits per heavy atom. The van der Waals surface area contributed by atoms with E-state index in [9.17, 15) is 4.79 Å². The molecule has 0 bridgehead atoms. The highest BCUT2D eigenvalue weighted by molar-refractivity contribution is 5.83. The fourth-order valence-corrected chi connectivity index (χ4v) is 2.22. The molecule has 5 nitrogen and oxygen atoms in total. The van der Waals surface area contributed by atoms with Gasteiger partial charge in [0.05, 0.1) is 25.4 Å². The summed E-state index contributed by atoms with van der Waals surface area (Å²) in [6.45, 7) is 2.65. The van der Waals surface area contributed by atoms with Gasteiger partial charge in [0.25, 0.3) is 0 Å². The van der Waals surface area contributed by atoms with E-state index in [2.05, 4.69) is 0 Å². The predicted molar refractivity (Wildman–Crippen MR) is 71.4 cm³/mol. The molecule has 2 unspecified atom stereocenters. The van der Waals surface area contributed by atoms with Crippen molar-refractivity contribution in [2.24, 2.45) is 5.73 Å². The SMILES string of the molecule is CC1COC(CO)CN1C(=O)[C@H](N)c1ccccc1. The van der Waals surface area contributed by atoms with Crippen LogP contribution in [-0.4, -0.2) is 47.8 Å². The minimum atomic E-state index is -0.666. The van der Waals surface area contributed by atoms with Crippen LogP contribution in [0.3, 0.4) is 0 Å². The van der Waals surface area contributed by atoms with E-state index in [0.29, 0.717) is 13.2 Å². The second kappa shape index (κ2) is 6.14. The summed E-state index contributed by atoms with van der Waals surface area (Å²) in [6, 6.07) is 8.61. The lowest BCUT2D eigenvalue weighted by atomic mass is 10.0. The largest absolute Gasteiger partial charge is 0.394 e. The van der Waals surface area contributed by atoms with Gasteiger partial charge in [0.1, 0.15) is 6.04 Å². The molecular weight excluding hydrogens is 244 g/mol. The van der Waals surface area contributed by atoms with Crippen LogP contribution in [0.2, 0.25) is 0 Å². The number of aliphatic hydroxyl groups excluding tert-OH is 1. The molecule has 1 aromatic carbocycles. The molecule has 0 aromatic heterocycles. The number of nitrogens with zero attached hydrogens (tertiary/aromatic N) is 1. The number of ether oxygens (including phenoxy) is 1. The van der Waals surface area contributed by atoms with Crippen LogP contribution in [0.25, 0.3) is 0 Å². The van der Waals surface area contributed by atoms with Gasteiger partial charge in [-0.25, -0.2) is 0 Å². The quantitative estimate of drug-likeness (QED) is 0.823. The Kier molecular flexibility index (Phi) is 4.52. The lowest BCUT2D eigenvalue weighted by Gasteiger charge is -2.38. The van der Waals surface area contributed by atoms with Crippen molar-refractivity contribution in [3.63, 3.8) is 0 Å². The average molecular weight is 264 g/mol. The maximum absolute atomic E-state index is 12.4. The van der Waals surface area contributed by atoms with Crippen molar-refractivity contribution < 1.29 is 14.6 Å². The molecule has 0 aliphatic carbocycles. The number of morpholine rings is 1. The fourth-order valence-electron chi connectivity index (χ4n) is 2.22. The average Bonchev–Trinajstić information content (AvgIpc) is 2.47. The van der Waals surface area contributed by atoms with Gasteiger partial charge in [-0.3, -0.25) is 4.79 Å². The van der Waals surface area contributed by atoms with E-state index in [1.54, 1.807) is 4.90 Å². The number of amides is 1. The zero-order valence-electron chi connectivity index (χ0n) is 11.0. The van der Waals surface area contributed by atoms with Gasteiger partial charge in [0.2, 0.25) is 5.91 Å². The molecule has 0 saturated carbocycles. The first-order chi connectivity index (χ1) is 9.13. The predicted octanol–water partition coefficient (Wildman–Crippen LogP) is 0.295. The van der Waals surface area contributed by atoms with Gasteiger partial charge in [-0.2, -0.15) is 0 Å². The minimum absolute atomic E-state index is 0.0231. The van der Waals surface area contributed by atoms with Crippen LogP contribution in [0.15, 0.2) is 30.3 Å². The smallest absolute Gasteiger partial charge is 0.244 e. The van der Waals surface area contributed by atoms with Crippen LogP contribution in [-0.2, 0) is 9.53 Å². The maximum atomic E-state index is 12.4. The van der Waals surface area contributed by atoms with Crippen molar-refractivity contribution in [2.45, 2.75) is 25.1 Å². The third kappa shape index (κ3) is 3.12. The van der Waals surface area contributed by atoms with E-state index in [1.807, 2.05) is 37.3 Å². The summed E-state index contributed by atoms with van der Waals surface area (Å²) in [5, 5.41) is 9.14. The molecule has 0 radical (unpaired) electrons. The summed E-state index contributed by atoms with van der Waals surface area (Å²) in [7, 11) is 0. The van der Waals surface area contributed by atoms with E-state index in [0.717, 1.165) is 5.56 Å². The molecular formula is C14H20N2O3. The van der Waals surface area contributed by atoms with Gasteiger partial charge >= 0.3 is 0 Å². The van der Waals surface area contributed by atoms with Gasteiger partial charge in [-0.15, -0.1) is 0 Å². The van der Waals surface area contributed by atoms with Crippen molar-refractivity contribution in [1.82, 2.24) is 4.90 Å². The lowest BCUT2D eigenvalue weighted by molar-refractivity contribution is -0.147. The van der Waals surface area contributed by atoms with Crippen LogP contribution in [0.4, 0.5) is 0 Å². The van der Waals surface area contributed by atoms with Crippen LogP contribution >= 0.6 is 0 Å². The van der Waals surface area contributed by atoms with Crippen molar-refractivity contribution >= 4 is 5.91 Å². The summed E-state index contributed by atoms with van der Waals surface area (Å²) >= 11 is 0. The summed E-state index contributed by atoms with van der Waals surface area (Å²) in [4.78, 5) is 14.1. The Labute approximate surface area is 113 Å². The van der Waals surface area contributed by atoms with Gasteiger partial charge < -0.3 is 20.5 Å². The molecule has 3 atom stereocenters. The summed E-state index contributed by atoms with van der Waals surface area (Å²) in [6.07, 6.45) is -0.317. The molecule has 1 amide bonds. The van der Waals surface area contributed by atoms with Crippen molar-refractivity contribution in [3.05, 3.63) is 35.9 Å². The summed E-state index contributed by atoms with van der Waals surface area (Å²) in [5.74, 6) is -0.125. The number of carbonyl (C=O) groups is 1. The topological polar surface area (TPSA) is 75.8 Å². The second-order valence-corrected chi connectivity index (χ2v) is 4.87. The van der Waals surface area contributed by atoms with Gasteiger partial charge in [0.15, 0.2) is 0 Å². The van der Waals surface area contributed by atoms with Crippen molar-refractivity contribution in [3.8, 4) is 0 Å².